The molecule has 0 aliphatic carbocycles. The molecule has 0 bridgehead atoms. The predicted molar refractivity (Wildman–Crippen MR) is 300 cm³/mol. The van der Waals surface area contributed by atoms with Gasteiger partial charge in [0.2, 0.25) is 0 Å². The van der Waals surface area contributed by atoms with Crippen molar-refractivity contribution in [3.8, 4) is 23.5 Å². The minimum absolute atomic E-state index is 0.0981. The Labute approximate surface area is 454 Å². The van der Waals surface area contributed by atoms with Gasteiger partial charge in [0.25, 0.3) is 11.8 Å². The summed E-state index contributed by atoms with van der Waals surface area (Å²) in [6, 6.07) is 13.0. The molecule has 0 radical (unpaired) electrons. The van der Waals surface area contributed by atoms with Crippen LogP contribution in [0.15, 0.2) is 78.4 Å². The van der Waals surface area contributed by atoms with Crippen molar-refractivity contribution in [3.63, 3.8) is 0 Å². The number of ether oxygens (including phenoxy) is 4. The molecule has 2 amide bonds. The standard InChI is InChI=1S/C25H31N7O3Si.C17H27BrN4O3Si.C8H4IN3/c1-17(15-34-2)29-25(33)19-14-31(16-35-8-9-36(3,4)5)24-23(19)30-20(12-28-24)21-13-27-22-10-18(11-26)6-7-32(21)22;1-12(10-24-2)20-17(23)13-9-22(11-25-6-7-26(3,4)5)16-15(13)21-14(18)8-19-16;9-7-5-11-8-3-6(4-10)1-2-12(7)8/h6-7,10,12-14,17H,8-9,15-16H2,1-5H3,(H,29,33);8-9,12H,6-7,10-11H2,1-5H3,(H,20,23);1-3,5H/t17-;12-;/m00./s1. The van der Waals surface area contributed by atoms with Gasteiger partial charge in [-0.25, -0.2) is 29.9 Å². The fourth-order valence-electron chi connectivity index (χ4n) is 7.26. The van der Waals surface area contributed by atoms with E-state index in [1.165, 1.54) is 0 Å². The predicted octanol–water partition coefficient (Wildman–Crippen LogP) is 8.78. The third-order valence-electron chi connectivity index (χ3n) is 11.1. The first-order valence-electron chi connectivity index (χ1n) is 23.7. The molecule has 0 saturated heterocycles. The molecule has 0 aliphatic heterocycles. The molecule has 0 fully saturated rings. The molecular weight excluding hydrogens is 1160 g/mol. The van der Waals surface area contributed by atoms with E-state index in [4.69, 9.17) is 29.2 Å². The van der Waals surface area contributed by atoms with Crippen LogP contribution in [0.5, 0.6) is 0 Å². The van der Waals surface area contributed by atoms with Gasteiger partial charge in [0.05, 0.1) is 78.1 Å². The topological polar surface area (TPSA) is 239 Å². The quantitative estimate of drug-likeness (QED) is 0.0437. The summed E-state index contributed by atoms with van der Waals surface area (Å²) < 4.78 is 31.0. The number of nitriles is 2. The number of hydrogen-bond acceptors (Lipinski definition) is 14. The number of methoxy groups -OCH3 is 2. The first-order chi connectivity index (χ1) is 35.2. The second-order valence-corrected chi connectivity index (χ2v) is 33.1. The van der Waals surface area contributed by atoms with Crippen molar-refractivity contribution in [1.29, 1.82) is 10.5 Å². The number of carbonyl (C=O) groups is 2. The smallest absolute Gasteiger partial charge is 0.255 e. The van der Waals surface area contributed by atoms with Gasteiger partial charge in [-0.3, -0.25) is 18.4 Å². The summed E-state index contributed by atoms with van der Waals surface area (Å²) in [5, 5.41) is 23.7. The van der Waals surface area contributed by atoms with Crippen LogP contribution in [0.2, 0.25) is 51.4 Å². The van der Waals surface area contributed by atoms with Gasteiger partial charge in [0.15, 0.2) is 11.3 Å². The maximum Gasteiger partial charge on any atom is 0.255 e. The molecule has 0 aromatic carbocycles. The third kappa shape index (κ3) is 15.5. The molecule has 74 heavy (non-hydrogen) atoms. The number of carbonyl (C=O) groups excluding carboxylic acids is 2. The number of pyridine rings is 2. The highest BCUT2D eigenvalue weighted by atomic mass is 127. The number of nitrogens with zero attached hydrogens (tertiary/aromatic N) is 12. The maximum atomic E-state index is 13.2. The van der Waals surface area contributed by atoms with Crippen molar-refractivity contribution in [2.75, 3.05) is 40.6 Å². The lowest BCUT2D eigenvalue weighted by molar-refractivity contribution is 0.0874. The monoisotopic (exact) mass is 1220 g/mol. The average molecular weight is 1220 g/mol. The molecule has 2 atom stereocenters. The summed E-state index contributed by atoms with van der Waals surface area (Å²) in [7, 11) is 0.844. The van der Waals surface area contributed by atoms with Crippen LogP contribution in [0, 0.1) is 26.4 Å². The van der Waals surface area contributed by atoms with Crippen LogP contribution in [-0.2, 0) is 32.4 Å². The Morgan fingerprint density at radius 3 is 1.68 bits per heavy atom. The highest BCUT2D eigenvalue weighted by Crippen LogP contribution is 2.26. The number of nitrogens with one attached hydrogen (secondary N) is 2. The van der Waals surface area contributed by atoms with Crippen molar-refractivity contribution in [1.82, 2.24) is 58.5 Å². The molecule has 24 heteroatoms. The number of imidazole rings is 2. The van der Waals surface area contributed by atoms with Gasteiger partial charge in [0, 0.05) is 80.5 Å². The van der Waals surface area contributed by atoms with Crippen molar-refractivity contribution < 1.29 is 28.5 Å². The van der Waals surface area contributed by atoms with Crippen LogP contribution in [0.1, 0.15) is 45.7 Å². The van der Waals surface area contributed by atoms with Gasteiger partial charge in [-0.1, -0.05) is 39.3 Å². The van der Waals surface area contributed by atoms with E-state index >= 15 is 0 Å². The van der Waals surface area contributed by atoms with Crippen molar-refractivity contribution in [2.24, 2.45) is 0 Å². The van der Waals surface area contributed by atoms with E-state index in [2.05, 4.69) is 125 Å². The Kier molecular flexibility index (Phi) is 20.1. The lowest BCUT2D eigenvalue weighted by Gasteiger charge is -2.15. The molecule has 8 aromatic rings. The summed E-state index contributed by atoms with van der Waals surface area (Å²) in [6.45, 7) is 20.4. The molecule has 390 valence electrons. The Morgan fingerprint density at radius 1 is 0.703 bits per heavy atom. The summed E-state index contributed by atoms with van der Waals surface area (Å²) in [4.78, 5) is 52.6. The van der Waals surface area contributed by atoms with Gasteiger partial charge >= 0.3 is 0 Å². The molecule has 20 nitrogen and oxygen atoms in total. The average Bonchev–Trinajstić information content (AvgIpc) is 4.14. The largest absolute Gasteiger partial charge is 0.383 e. The number of aromatic nitrogens is 10. The number of amides is 2. The van der Waals surface area contributed by atoms with Gasteiger partial charge in [-0.15, -0.1) is 0 Å². The van der Waals surface area contributed by atoms with Crippen molar-refractivity contribution in [3.05, 3.63) is 104 Å². The summed E-state index contributed by atoms with van der Waals surface area (Å²) in [5.41, 5.74) is 7.01. The molecule has 8 rings (SSSR count). The Hall–Kier alpha value is -5.98. The van der Waals surface area contributed by atoms with E-state index in [9.17, 15) is 14.9 Å². The summed E-state index contributed by atoms with van der Waals surface area (Å²) >= 11 is 5.52. The normalized spacial score (nSPS) is 12.4. The molecular formula is C50H62BrIN14O6Si2. The van der Waals surface area contributed by atoms with Crippen LogP contribution in [-0.4, -0.2) is 129 Å². The Balaban J connectivity index is 0.000000203. The van der Waals surface area contributed by atoms with Gasteiger partial charge in [-0.2, -0.15) is 10.5 Å². The van der Waals surface area contributed by atoms with E-state index in [-0.39, 0.29) is 30.6 Å². The second kappa shape index (κ2) is 26.0. The van der Waals surface area contributed by atoms with E-state index < -0.39 is 16.1 Å². The van der Waals surface area contributed by atoms with Gasteiger partial charge in [-0.05, 0) is 88.7 Å². The van der Waals surface area contributed by atoms with E-state index in [1.54, 1.807) is 81.9 Å². The zero-order valence-electron chi connectivity index (χ0n) is 43.3. The first kappa shape index (κ1) is 57.3. The zero-order chi connectivity index (χ0) is 53.7. The second-order valence-electron chi connectivity index (χ2n) is 19.9. The van der Waals surface area contributed by atoms with Gasteiger partial charge in [0.1, 0.15) is 49.8 Å². The molecule has 8 aromatic heterocycles. The number of rotatable bonds is 19. The summed E-state index contributed by atoms with van der Waals surface area (Å²) in [6.07, 6.45) is 13.9. The minimum Gasteiger partial charge on any atom is -0.383 e. The Bertz CT molecular complexity index is 3310. The SMILES string of the molecule is COC[C@H](C)NC(=O)c1cn(COCC[Si](C)(C)C)c2ncc(-c3cnc4cc(C#N)ccn34)nc12.COC[C@H](C)NC(=O)c1cn(COCC[Si](C)(C)C)c2ncc(Br)nc12.N#Cc1ccn2c(I)cnc2c1. The fourth-order valence-corrected chi connectivity index (χ4v) is 9.60. The highest BCUT2D eigenvalue weighted by Gasteiger charge is 2.23. The fraction of sp³-hybridized carbons (Fsp3) is 0.400. The molecule has 0 saturated carbocycles. The van der Waals surface area contributed by atoms with E-state index in [1.807, 2.05) is 38.0 Å². The minimum atomic E-state index is -1.22. The van der Waals surface area contributed by atoms with Crippen molar-refractivity contribution in [2.45, 2.75) is 90.8 Å². The molecule has 0 unspecified atom stereocenters. The maximum absolute atomic E-state index is 13.2. The zero-order valence-corrected chi connectivity index (χ0v) is 49.1. The molecule has 2 N–H and O–H groups in total. The van der Waals surface area contributed by atoms with Gasteiger partial charge < -0.3 is 38.7 Å². The number of halogens is 2. The van der Waals surface area contributed by atoms with Crippen LogP contribution in [0.25, 0.3) is 45.0 Å². The van der Waals surface area contributed by atoms with Crippen LogP contribution in [0.3, 0.4) is 0 Å². The van der Waals surface area contributed by atoms with E-state index in [0.717, 1.165) is 21.4 Å². The van der Waals surface area contributed by atoms with Crippen molar-refractivity contribution >= 4 is 100 Å². The Morgan fingerprint density at radius 2 is 1.18 bits per heavy atom. The molecule has 8 heterocycles. The van der Waals surface area contributed by atoms with Crippen LogP contribution in [0.4, 0.5) is 0 Å². The first-order valence-corrected chi connectivity index (χ1v) is 33.0. The number of hydrogen-bond donors (Lipinski definition) is 2. The van der Waals surface area contributed by atoms with Crippen LogP contribution < -0.4 is 10.6 Å². The number of fused-ring (bicyclic) bond motifs is 4. The highest BCUT2D eigenvalue weighted by molar-refractivity contribution is 14.1. The lowest BCUT2D eigenvalue weighted by Crippen LogP contribution is -2.35. The van der Waals surface area contributed by atoms with E-state index in [0.29, 0.717) is 99.4 Å². The lowest BCUT2D eigenvalue weighted by atomic mass is 10.2. The molecule has 0 spiro atoms. The molecule has 0 aliphatic rings. The third-order valence-corrected chi connectivity index (χ3v) is 15.7. The van der Waals surface area contributed by atoms with Crippen LogP contribution >= 0.6 is 38.5 Å². The summed E-state index contributed by atoms with van der Waals surface area (Å²) in [5.74, 6) is -0.457.